The summed E-state index contributed by atoms with van der Waals surface area (Å²) in [7, 11) is 0. The molecule has 0 spiro atoms. The summed E-state index contributed by atoms with van der Waals surface area (Å²) >= 11 is 0. The number of halogens is 1. The fourth-order valence-corrected chi connectivity index (χ4v) is 3.32. The molecular weight excluding hydrogens is 323 g/mol. The SMILES string of the molecule is O=C(O)CCN1CCC(CNC2CC2)(COc2ccccc2F)CC1. The molecule has 1 aromatic rings. The van der Waals surface area contributed by atoms with E-state index in [-0.39, 0.29) is 17.7 Å². The maximum Gasteiger partial charge on any atom is 0.304 e. The van der Waals surface area contributed by atoms with E-state index in [0.29, 0.717) is 24.9 Å². The molecule has 25 heavy (non-hydrogen) atoms. The summed E-state index contributed by atoms with van der Waals surface area (Å²) in [6.07, 6.45) is 4.50. The Morgan fingerprint density at radius 3 is 2.68 bits per heavy atom. The Bertz CT molecular complexity index is 584. The minimum atomic E-state index is -0.755. The highest BCUT2D eigenvalue weighted by molar-refractivity contribution is 5.66. The van der Waals surface area contributed by atoms with Crippen LogP contribution in [-0.2, 0) is 4.79 Å². The van der Waals surface area contributed by atoms with Gasteiger partial charge in [0, 0.05) is 24.5 Å². The molecule has 1 aliphatic carbocycles. The minimum absolute atomic E-state index is 0.0232. The van der Waals surface area contributed by atoms with Gasteiger partial charge in [0.1, 0.15) is 0 Å². The van der Waals surface area contributed by atoms with Crippen LogP contribution in [0, 0.1) is 11.2 Å². The van der Waals surface area contributed by atoms with Crippen LogP contribution in [-0.4, -0.2) is 54.8 Å². The van der Waals surface area contributed by atoms with Crippen LogP contribution in [0.15, 0.2) is 24.3 Å². The number of hydrogen-bond donors (Lipinski definition) is 2. The third-order valence-corrected chi connectivity index (χ3v) is 5.27. The summed E-state index contributed by atoms with van der Waals surface area (Å²) in [6.45, 7) is 3.68. The largest absolute Gasteiger partial charge is 0.490 e. The van der Waals surface area contributed by atoms with Crippen LogP contribution in [0.5, 0.6) is 5.75 Å². The van der Waals surface area contributed by atoms with E-state index in [0.717, 1.165) is 32.5 Å². The Kier molecular flexibility index (Phi) is 5.91. The van der Waals surface area contributed by atoms with Gasteiger partial charge in [-0.25, -0.2) is 4.39 Å². The number of aliphatic carboxylic acids is 1. The normalized spacial score (nSPS) is 20.4. The number of para-hydroxylation sites is 1. The lowest BCUT2D eigenvalue weighted by atomic mass is 9.78. The van der Waals surface area contributed by atoms with Crippen molar-refractivity contribution >= 4 is 5.97 Å². The molecule has 0 aromatic heterocycles. The fourth-order valence-electron chi connectivity index (χ4n) is 3.32. The highest BCUT2D eigenvalue weighted by Crippen LogP contribution is 2.33. The first-order valence-electron chi connectivity index (χ1n) is 9.11. The monoisotopic (exact) mass is 350 g/mol. The van der Waals surface area contributed by atoms with Crippen LogP contribution >= 0.6 is 0 Å². The number of carboxylic acid groups (broad SMARTS) is 1. The number of carbonyl (C=O) groups is 1. The van der Waals surface area contributed by atoms with Crippen molar-refractivity contribution in [2.24, 2.45) is 5.41 Å². The Morgan fingerprint density at radius 2 is 2.04 bits per heavy atom. The maximum absolute atomic E-state index is 13.8. The Morgan fingerprint density at radius 1 is 1.32 bits per heavy atom. The van der Waals surface area contributed by atoms with Crippen LogP contribution < -0.4 is 10.1 Å². The number of ether oxygens (including phenoxy) is 1. The van der Waals surface area contributed by atoms with Crippen molar-refractivity contribution in [1.82, 2.24) is 10.2 Å². The number of carboxylic acids is 1. The van der Waals surface area contributed by atoms with Gasteiger partial charge in [-0.3, -0.25) is 4.79 Å². The highest BCUT2D eigenvalue weighted by atomic mass is 19.1. The van der Waals surface area contributed by atoms with Crippen molar-refractivity contribution in [2.45, 2.75) is 38.1 Å². The summed E-state index contributed by atoms with van der Waals surface area (Å²) in [5, 5.41) is 12.4. The first-order chi connectivity index (χ1) is 12.1. The molecule has 0 amide bonds. The number of nitrogens with zero attached hydrogens (tertiary/aromatic N) is 1. The quantitative estimate of drug-likeness (QED) is 0.717. The van der Waals surface area contributed by atoms with Gasteiger partial charge in [-0.15, -0.1) is 0 Å². The average molecular weight is 350 g/mol. The van der Waals surface area contributed by atoms with E-state index in [2.05, 4.69) is 10.2 Å². The molecule has 0 atom stereocenters. The number of hydrogen-bond acceptors (Lipinski definition) is 4. The molecular formula is C19H27FN2O3. The van der Waals surface area contributed by atoms with E-state index < -0.39 is 5.97 Å². The lowest BCUT2D eigenvalue weighted by Crippen LogP contribution is -2.49. The number of likely N-dealkylation sites (tertiary alicyclic amines) is 1. The molecule has 1 aliphatic heterocycles. The molecule has 1 saturated heterocycles. The van der Waals surface area contributed by atoms with Gasteiger partial charge in [-0.1, -0.05) is 12.1 Å². The van der Waals surface area contributed by atoms with Gasteiger partial charge in [0.05, 0.1) is 13.0 Å². The van der Waals surface area contributed by atoms with Crippen LogP contribution in [0.25, 0.3) is 0 Å². The van der Waals surface area contributed by atoms with Gasteiger partial charge in [0.2, 0.25) is 0 Å². The minimum Gasteiger partial charge on any atom is -0.490 e. The molecule has 1 aromatic carbocycles. The van der Waals surface area contributed by atoms with Crippen molar-refractivity contribution in [3.63, 3.8) is 0 Å². The van der Waals surface area contributed by atoms with E-state index in [1.165, 1.54) is 18.9 Å². The molecule has 2 N–H and O–H groups in total. The molecule has 0 unspecified atom stereocenters. The second-order valence-corrected chi connectivity index (χ2v) is 7.36. The second-order valence-electron chi connectivity index (χ2n) is 7.36. The summed E-state index contributed by atoms with van der Waals surface area (Å²) < 4.78 is 19.7. The predicted octanol–water partition coefficient (Wildman–Crippen LogP) is 2.51. The van der Waals surface area contributed by atoms with Crippen LogP contribution in [0.3, 0.4) is 0 Å². The van der Waals surface area contributed by atoms with Gasteiger partial charge in [0.25, 0.3) is 0 Å². The molecule has 0 bridgehead atoms. The standard InChI is InChI=1S/C19H27FN2O3/c20-16-3-1-2-4-17(16)25-14-19(13-21-15-5-6-15)8-11-22(12-9-19)10-7-18(23)24/h1-4,15,21H,5-14H2,(H,23,24). The van der Waals surface area contributed by atoms with Crippen molar-refractivity contribution < 1.29 is 19.0 Å². The van der Waals surface area contributed by atoms with Gasteiger partial charge in [-0.05, 0) is 50.9 Å². The zero-order valence-electron chi connectivity index (χ0n) is 14.5. The van der Waals surface area contributed by atoms with Gasteiger partial charge >= 0.3 is 5.97 Å². The van der Waals surface area contributed by atoms with Crippen molar-refractivity contribution in [1.29, 1.82) is 0 Å². The van der Waals surface area contributed by atoms with Gasteiger partial charge in [0.15, 0.2) is 11.6 Å². The predicted molar refractivity (Wildman–Crippen MR) is 93.3 cm³/mol. The summed E-state index contributed by atoms with van der Waals surface area (Å²) in [5.74, 6) is -0.775. The number of rotatable bonds is 9. The molecule has 1 heterocycles. The molecule has 0 radical (unpaired) electrons. The Balaban J connectivity index is 1.57. The van der Waals surface area contributed by atoms with E-state index >= 15 is 0 Å². The highest BCUT2D eigenvalue weighted by Gasteiger charge is 2.37. The third-order valence-electron chi connectivity index (χ3n) is 5.27. The Hall–Kier alpha value is -1.66. The topological polar surface area (TPSA) is 61.8 Å². The molecule has 6 heteroatoms. The van der Waals surface area contributed by atoms with E-state index in [4.69, 9.17) is 9.84 Å². The zero-order valence-corrected chi connectivity index (χ0v) is 14.5. The van der Waals surface area contributed by atoms with Gasteiger partial charge in [-0.2, -0.15) is 0 Å². The van der Waals surface area contributed by atoms with Gasteiger partial charge < -0.3 is 20.1 Å². The molecule has 1 saturated carbocycles. The van der Waals surface area contributed by atoms with Crippen molar-refractivity contribution in [3.8, 4) is 5.75 Å². The summed E-state index contributed by atoms with van der Waals surface area (Å²) in [5.41, 5.74) is -0.0232. The van der Waals surface area contributed by atoms with E-state index in [9.17, 15) is 9.18 Å². The second kappa shape index (κ2) is 8.15. The fraction of sp³-hybridized carbons (Fsp3) is 0.632. The first kappa shape index (κ1) is 18.1. The summed E-state index contributed by atoms with van der Waals surface area (Å²) in [6, 6.07) is 7.14. The Labute approximate surface area is 148 Å². The van der Waals surface area contributed by atoms with Crippen LogP contribution in [0.2, 0.25) is 0 Å². The molecule has 2 aliphatic rings. The smallest absolute Gasteiger partial charge is 0.304 e. The molecule has 138 valence electrons. The van der Waals surface area contributed by atoms with Crippen LogP contribution in [0.4, 0.5) is 4.39 Å². The molecule has 2 fully saturated rings. The van der Waals surface area contributed by atoms with E-state index in [1.807, 2.05) is 0 Å². The molecule has 3 rings (SSSR count). The lowest BCUT2D eigenvalue weighted by molar-refractivity contribution is -0.137. The summed E-state index contributed by atoms with van der Waals surface area (Å²) in [4.78, 5) is 13.0. The third kappa shape index (κ3) is 5.41. The van der Waals surface area contributed by atoms with Crippen molar-refractivity contribution in [3.05, 3.63) is 30.1 Å². The van der Waals surface area contributed by atoms with Crippen molar-refractivity contribution in [2.75, 3.05) is 32.8 Å². The lowest BCUT2D eigenvalue weighted by Gasteiger charge is -2.41. The number of nitrogens with one attached hydrogen (secondary N) is 1. The zero-order chi connectivity index (χ0) is 17.7. The number of benzene rings is 1. The average Bonchev–Trinajstić information content (AvgIpc) is 3.43. The first-order valence-corrected chi connectivity index (χ1v) is 9.11. The van der Waals surface area contributed by atoms with Crippen LogP contribution in [0.1, 0.15) is 32.1 Å². The van der Waals surface area contributed by atoms with E-state index in [1.54, 1.807) is 18.2 Å². The number of piperidine rings is 1. The molecule has 5 nitrogen and oxygen atoms in total. The maximum atomic E-state index is 13.8.